The molecule has 0 aliphatic carbocycles. The Morgan fingerprint density at radius 3 is 2.76 bits per heavy atom. The Balaban J connectivity index is 2.47. The number of rotatable bonds is 2. The monoisotopic (exact) mass is 228 g/mol. The van der Waals surface area contributed by atoms with Gasteiger partial charge in [-0.15, -0.1) is 0 Å². The number of imidazole rings is 1. The highest BCUT2D eigenvalue weighted by Gasteiger charge is 2.11. The lowest BCUT2D eigenvalue weighted by Gasteiger charge is -2.05. The minimum atomic E-state index is 0.748. The molecule has 0 unspecified atom stereocenters. The molecule has 0 aliphatic heterocycles. The maximum Gasteiger partial charge on any atom is 0.148 e. The summed E-state index contributed by atoms with van der Waals surface area (Å²) >= 11 is 0. The highest BCUT2D eigenvalue weighted by Crippen LogP contribution is 2.31. The number of hydrogen-bond donors (Lipinski definition) is 0. The van der Waals surface area contributed by atoms with Crippen molar-refractivity contribution in [2.24, 2.45) is 0 Å². The van der Waals surface area contributed by atoms with Crippen LogP contribution in [0.15, 0.2) is 36.5 Å². The molecule has 1 aromatic carbocycles. The van der Waals surface area contributed by atoms with E-state index in [2.05, 4.69) is 4.98 Å². The van der Waals surface area contributed by atoms with E-state index in [0.29, 0.717) is 0 Å². The molecule has 4 heteroatoms. The second kappa shape index (κ2) is 3.66. The highest BCUT2D eigenvalue weighted by molar-refractivity contribution is 5.87. The largest absolute Gasteiger partial charge is 0.497 e. The van der Waals surface area contributed by atoms with Gasteiger partial charge >= 0.3 is 0 Å². The fourth-order valence-electron chi connectivity index (χ4n) is 2.01. The smallest absolute Gasteiger partial charge is 0.148 e. The molecule has 0 bridgehead atoms. The maximum absolute atomic E-state index is 5.40. The summed E-state index contributed by atoms with van der Waals surface area (Å²) < 4.78 is 12.6. The van der Waals surface area contributed by atoms with Crippen LogP contribution in [0.4, 0.5) is 0 Å². The van der Waals surface area contributed by atoms with Crippen LogP contribution in [0.2, 0.25) is 0 Å². The first-order valence-electron chi connectivity index (χ1n) is 5.32. The summed E-state index contributed by atoms with van der Waals surface area (Å²) in [5, 5.41) is 0. The Bertz CT molecular complexity index is 688. The molecule has 3 aromatic rings. The van der Waals surface area contributed by atoms with E-state index >= 15 is 0 Å². The average Bonchev–Trinajstić information content (AvgIpc) is 2.75. The van der Waals surface area contributed by atoms with Crippen LogP contribution in [-0.4, -0.2) is 23.6 Å². The van der Waals surface area contributed by atoms with E-state index in [9.17, 15) is 0 Å². The summed E-state index contributed by atoms with van der Waals surface area (Å²) in [7, 11) is 3.28. The second-order valence-electron chi connectivity index (χ2n) is 3.74. The molecule has 86 valence electrons. The first-order chi connectivity index (χ1) is 8.33. The van der Waals surface area contributed by atoms with E-state index in [1.165, 1.54) is 0 Å². The van der Waals surface area contributed by atoms with Gasteiger partial charge in [-0.1, -0.05) is 6.07 Å². The minimum absolute atomic E-state index is 0.748. The molecule has 0 aliphatic rings. The first-order valence-corrected chi connectivity index (χ1v) is 5.32. The molecule has 0 spiro atoms. The van der Waals surface area contributed by atoms with Gasteiger partial charge in [0, 0.05) is 18.3 Å². The number of methoxy groups -OCH3 is 2. The van der Waals surface area contributed by atoms with Gasteiger partial charge in [-0.2, -0.15) is 0 Å². The van der Waals surface area contributed by atoms with Crippen LogP contribution >= 0.6 is 0 Å². The summed E-state index contributed by atoms with van der Waals surface area (Å²) in [5.74, 6) is 1.51. The van der Waals surface area contributed by atoms with E-state index in [1.54, 1.807) is 14.2 Å². The third-order valence-corrected chi connectivity index (χ3v) is 2.80. The summed E-state index contributed by atoms with van der Waals surface area (Å²) in [5.41, 5.74) is 2.73. The van der Waals surface area contributed by atoms with Crippen molar-refractivity contribution in [2.75, 3.05) is 14.2 Å². The van der Waals surface area contributed by atoms with Crippen molar-refractivity contribution in [3.05, 3.63) is 36.5 Å². The summed E-state index contributed by atoms with van der Waals surface area (Å²) in [6.07, 6.45) is 1.97. The topological polar surface area (TPSA) is 35.8 Å². The lowest BCUT2D eigenvalue weighted by atomic mass is 10.2. The molecule has 0 amide bonds. The Kier molecular flexibility index (Phi) is 2.14. The summed E-state index contributed by atoms with van der Waals surface area (Å²) in [4.78, 5) is 4.54. The van der Waals surface area contributed by atoms with Gasteiger partial charge in [0.05, 0.1) is 19.7 Å². The third kappa shape index (κ3) is 1.41. The van der Waals surface area contributed by atoms with Crippen LogP contribution in [0.1, 0.15) is 0 Å². The highest BCUT2D eigenvalue weighted by atomic mass is 16.5. The van der Waals surface area contributed by atoms with E-state index in [0.717, 1.165) is 28.2 Å². The quantitative estimate of drug-likeness (QED) is 0.676. The molecule has 3 rings (SSSR count). The number of nitrogens with zero attached hydrogens (tertiary/aromatic N) is 2. The number of fused-ring (bicyclic) bond motifs is 3. The van der Waals surface area contributed by atoms with Crippen LogP contribution < -0.4 is 9.47 Å². The molecule has 0 saturated carbocycles. The Morgan fingerprint density at radius 1 is 1.12 bits per heavy atom. The molecule has 0 atom stereocenters. The zero-order chi connectivity index (χ0) is 11.8. The molecule has 0 saturated heterocycles. The fourth-order valence-corrected chi connectivity index (χ4v) is 2.01. The van der Waals surface area contributed by atoms with E-state index < -0.39 is 0 Å². The number of hydrogen-bond acceptors (Lipinski definition) is 3. The molecule has 4 nitrogen and oxygen atoms in total. The van der Waals surface area contributed by atoms with Crippen LogP contribution in [0.3, 0.4) is 0 Å². The average molecular weight is 228 g/mol. The first kappa shape index (κ1) is 9.96. The molecular formula is C13H12N2O2. The molecule has 2 aromatic heterocycles. The molecule has 17 heavy (non-hydrogen) atoms. The van der Waals surface area contributed by atoms with E-state index in [1.807, 2.05) is 40.9 Å². The number of aromatic nitrogens is 2. The number of ether oxygens (including phenoxy) is 2. The SMILES string of the molecule is COc1cc(OC)c2c(c1)nc1ccccn12. The predicted octanol–water partition coefficient (Wildman–Crippen LogP) is 2.50. The van der Waals surface area contributed by atoms with Gasteiger partial charge < -0.3 is 9.47 Å². The lowest BCUT2D eigenvalue weighted by Crippen LogP contribution is -1.90. The van der Waals surface area contributed by atoms with Gasteiger partial charge in [0.15, 0.2) is 0 Å². The van der Waals surface area contributed by atoms with Gasteiger partial charge in [0.1, 0.15) is 22.7 Å². The van der Waals surface area contributed by atoms with Crippen LogP contribution in [0.5, 0.6) is 11.5 Å². The third-order valence-electron chi connectivity index (χ3n) is 2.80. The van der Waals surface area contributed by atoms with Crippen LogP contribution in [0, 0.1) is 0 Å². The lowest BCUT2D eigenvalue weighted by molar-refractivity contribution is 0.397. The van der Waals surface area contributed by atoms with Crippen molar-refractivity contribution in [1.29, 1.82) is 0 Å². The Labute approximate surface area is 98.4 Å². The van der Waals surface area contributed by atoms with E-state index in [4.69, 9.17) is 9.47 Å². The van der Waals surface area contributed by atoms with Crippen molar-refractivity contribution in [2.45, 2.75) is 0 Å². The van der Waals surface area contributed by atoms with Gasteiger partial charge in [0.2, 0.25) is 0 Å². The van der Waals surface area contributed by atoms with Crippen molar-refractivity contribution in [1.82, 2.24) is 9.38 Å². The minimum Gasteiger partial charge on any atom is -0.497 e. The van der Waals surface area contributed by atoms with Crippen molar-refractivity contribution in [3.63, 3.8) is 0 Å². The zero-order valence-corrected chi connectivity index (χ0v) is 9.68. The molecule has 0 radical (unpaired) electrons. The Hall–Kier alpha value is -2.23. The van der Waals surface area contributed by atoms with Gasteiger partial charge in [-0.3, -0.25) is 4.40 Å². The zero-order valence-electron chi connectivity index (χ0n) is 9.68. The maximum atomic E-state index is 5.40. The molecular weight excluding hydrogens is 216 g/mol. The predicted molar refractivity (Wildman–Crippen MR) is 65.8 cm³/mol. The van der Waals surface area contributed by atoms with Gasteiger partial charge in [-0.05, 0) is 12.1 Å². The molecule has 0 fully saturated rings. The van der Waals surface area contributed by atoms with Crippen LogP contribution in [-0.2, 0) is 0 Å². The fraction of sp³-hybridized carbons (Fsp3) is 0.154. The molecule has 2 heterocycles. The van der Waals surface area contributed by atoms with E-state index in [-0.39, 0.29) is 0 Å². The van der Waals surface area contributed by atoms with Crippen LogP contribution in [0.25, 0.3) is 16.7 Å². The van der Waals surface area contributed by atoms with Crippen molar-refractivity contribution in [3.8, 4) is 11.5 Å². The van der Waals surface area contributed by atoms with Gasteiger partial charge in [0.25, 0.3) is 0 Å². The summed E-state index contributed by atoms with van der Waals surface area (Å²) in [6.45, 7) is 0. The second-order valence-corrected chi connectivity index (χ2v) is 3.74. The number of benzene rings is 1. The normalized spacial score (nSPS) is 10.9. The number of pyridine rings is 1. The summed E-state index contributed by atoms with van der Waals surface area (Å²) in [6, 6.07) is 9.67. The van der Waals surface area contributed by atoms with Gasteiger partial charge in [-0.25, -0.2) is 4.98 Å². The standard InChI is InChI=1S/C13H12N2O2/c1-16-9-7-10-13(11(8-9)17-2)15-6-4-3-5-12(15)14-10/h3-8H,1-2H3. The van der Waals surface area contributed by atoms with Crippen molar-refractivity contribution >= 4 is 16.7 Å². The Morgan fingerprint density at radius 2 is 2.00 bits per heavy atom. The molecule has 0 N–H and O–H groups in total. The van der Waals surface area contributed by atoms with Crippen molar-refractivity contribution < 1.29 is 9.47 Å².